The zero-order valence-corrected chi connectivity index (χ0v) is 23.8. The molecule has 0 aliphatic carbocycles. The van der Waals surface area contributed by atoms with Gasteiger partial charge in [0, 0.05) is 6.42 Å². The summed E-state index contributed by atoms with van der Waals surface area (Å²) in [6.45, 7) is 9.53. The molecule has 3 amide bonds. The number of rotatable bonds is 8. The minimum absolute atomic E-state index is 0.0595. The third-order valence-electron chi connectivity index (χ3n) is 7.27. The third kappa shape index (κ3) is 8.80. The van der Waals surface area contributed by atoms with Crippen molar-refractivity contribution < 1.29 is 23.9 Å². The van der Waals surface area contributed by atoms with E-state index in [1.807, 2.05) is 63.2 Å². The highest BCUT2D eigenvalue weighted by molar-refractivity contribution is 5.94. The molecule has 0 aromatic heterocycles. The summed E-state index contributed by atoms with van der Waals surface area (Å²) in [5, 5.41) is 10.5. The zero-order chi connectivity index (χ0) is 28.5. The van der Waals surface area contributed by atoms with Gasteiger partial charge in [0.2, 0.25) is 17.7 Å². The lowest BCUT2D eigenvalue weighted by Crippen LogP contribution is -2.55. The van der Waals surface area contributed by atoms with Gasteiger partial charge >= 0.3 is 5.97 Å². The van der Waals surface area contributed by atoms with Gasteiger partial charge in [0.1, 0.15) is 24.2 Å². The second kappa shape index (κ2) is 14.1. The Hall–Kier alpha value is -3.42. The summed E-state index contributed by atoms with van der Waals surface area (Å²) in [4.78, 5) is 52.9. The summed E-state index contributed by atoms with van der Waals surface area (Å²) in [6.07, 6.45) is 2.62. The number of fused-ring (bicyclic) bond motifs is 1. The van der Waals surface area contributed by atoms with Crippen molar-refractivity contribution in [3.05, 3.63) is 48.0 Å². The maximum Gasteiger partial charge on any atom is 0.328 e. The number of amides is 3. The first-order chi connectivity index (χ1) is 18.6. The molecule has 0 unspecified atom stereocenters. The maximum atomic E-state index is 13.4. The first-order valence-corrected chi connectivity index (χ1v) is 14.2. The molecular weight excluding hydrogens is 494 g/mol. The predicted octanol–water partition coefficient (Wildman–Crippen LogP) is 4.04. The van der Waals surface area contributed by atoms with Crippen LogP contribution in [0.3, 0.4) is 0 Å². The van der Waals surface area contributed by atoms with Crippen molar-refractivity contribution in [2.75, 3.05) is 0 Å². The molecule has 0 bridgehead atoms. The molecule has 2 aromatic rings. The number of carbonyl (C=O) groups is 4. The van der Waals surface area contributed by atoms with E-state index in [1.165, 1.54) is 0 Å². The average molecular weight is 538 g/mol. The van der Waals surface area contributed by atoms with Gasteiger partial charge in [0.15, 0.2) is 0 Å². The van der Waals surface area contributed by atoms with Crippen LogP contribution < -0.4 is 16.0 Å². The summed E-state index contributed by atoms with van der Waals surface area (Å²) in [7, 11) is 0. The van der Waals surface area contributed by atoms with Gasteiger partial charge in [0.25, 0.3) is 0 Å². The van der Waals surface area contributed by atoms with Gasteiger partial charge in [-0.2, -0.15) is 0 Å². The SMILES string of the molecule is CCCC[C@H](C)[C@H]1CC(=O)N[C@@H](Cc2ccc3ccccc3c2)C(=O)N[C@@H](C)C(=O)N[C@H](CC(C)C)C(=O)O1. The van der Waals surface area contributed by atoms with Gasteiger partial charge in [-0.15, -0.1) is 0 Å². The summed E-state index contributed by atoms with van der Waals surface area (Å²) in [5.74, 6) is -1.80. The molecule has 1 saturated heterocycles. The molecule has 1 fully saturated rings. The van der Waals surface area contributed by atoms with Crippen LogP contribution in [0.15, 0.2) is 42.5 Å². The van der Waals surface area contributed by atoms with Crippen molar-refractivity contribution in [2.24, 2.45) is 11.8 Å². The predicted molar refractivity (Wildman–Crippen MR) is 152 cm³/mol. The van der Waals surface area contributed by atoms with Crippen molar-refractivity contribution in [3.63, 3.8) is 0 Å². The Morgan fingerprint density at radius 2 is 1.62 bits per heavy atom. The molecule has 8 heteroatoms. The quantitative estimate of drug-likeness (QED) is 0.440. The lowest BCUT2D eigenvalue weighted by Gasteiger charge is -2.27. The first kappa shape index (κ1) is 30.1. The molecule has 1 aliphatic heterocycles. The lowest BCUT2D eigenvalue weighted by molar-refractivity contribution is -0.157. The van der Waals surface area contributed by atoms with Gasteiger partial charge in [0.05, 0.1) is 6.42 Å². The second-order valence-corrected chi connectivity index (χ2v) is 11.2. The molecule has 2 aromatic carbocycles. The smallest absolute Gasteiger partial charge is 0.328 e. The fourth-order valence-electron chi connectivity index (χ4n) is 4.91. The zero-order valence-electron chi connectivity index (χ0n) is 23.8. The van der Waals surface area contributed by atoms with E-state index in [4.69, 9.17) is 4.74 Å². The number of nitrogens with one attached hydrogen (secondary N) is 3. The highest BCUT2D eigenvalue weighted by Crippen LogP contribution is 2.21. The van der Waals surface area contributed by atoms with Crippen LogP contribution in [0, 0.1) is 11.8 Å². The number of esters is 1. The van der Waals surface area contributed by atoms with E-state index in [1.54, 1.807) is 6.92 Å². The molecule has 0 spiro atoms. The molecule has 1 aliphatic rings. The Bertz CT molecular complexity index is 1160. The Kier molecular flexibility index (Phi) is 10.9. The molecule has 212 valence electrons. The monoisotopic (exact) mass is 537 g/mol. The van der Waals surface area contributed by atoms with E-state index in [-0.39, 0.29) is 30.6 Å². The van der Waals surface area contributed by atoms with Crippen LogP contribution in [0.5, 0.6) is 0 Å². The van der Waals surface area contributed by atoms with Gasteiger partial charge in [-0.1, -0.05) is 83.0 Å². The molecule has 3 N–H and O–H groups in total. The van der Waals surface area contributed by atoms with E-state index in [9.17, 15) is 19.2 Å². The largest absolute Gasteiger partial charge is 0.460 e. The number of ether oxygens (including phenoxy) is 1. The fraction of sp³-hybridized carbons (Fsp3) is 0.548. The minimum atomic E-state index is -0.906. The van der Waals surface area contributed by atoms with Crippen molar-refractivity contribution in [1.29, 1.82) is 0 Å². The van der Waals surface area contributed by atoms with E-state index in [2.05, 4.69) is 22.9 Å². The second-order valence-electron chi connectivity index (χ2n) is 11.2. The molecule has 39 heavy (non-hydrogen) atoms. The van der Waals surface area contributed by atoms with Crippen LogP contribution in [0.1, 0.15) is 72.3 Å². The molecule has 0 saturated carbocycles. The number of hydrogen-bond donors (Lipinski definition) is 3. The van der Waals surface area contributed by atoms with Crippen LogP contribution in [0.4, 0.5) is 0 Å². The highest BCUT2D eigenvalue weighted by atomic mass is 16.5. The summed E-state index contributed by atoms with van der Waals surface area (Å²) < 4.78 is 5.90. The van der Waals surface area contributed by atoms with Gasteiger partial charge in [-0.05, 0) is 47.9 Å². The third-order valence-corrected chi connectivity index (χ3v) is 7.27. The van der Waals surface area contributed by atoms with Crippen molar-refractivity contribution in [3.8, 4) is 0 Å². The first-order valence-electron chi connectivity index (χ1n) is 14.2. The minimum Gasteiger partial charge on any atom is -0.460 e. The number of hydrogen-bond acceptors (Lipinski definition) is 5. The normalized spacial score (nSPS) is 24.1. The molecule has 1 heterocycles. The number of unbranched alkanes of at least 4 members (excludes halogenated alkanes) is 1. The standard InChI is InChI=1S/C31H43N3O5/c1-6-7-10-20(4)27-18-28(35)33-25(17-22-13-14-23-11-8-9-12-24(23)16-22)30(37)32-21(5)29(36)34-26(15-19(2)3)31(38)39-27/h8-9,11-14,16,19-21,25-27H,6-7,10,15,17-18H2,1-5H3,(H,32,37)(H,33,35)(H,34,36)/t20-,21-,25-,26+,27+/m0/s1. The van der Waals surface area contributed by atoms with Gasteiger partial charge < -0.3 is 20.7 Å². The Balaban J connectivity index is 1.90. The van der Waals surface area contributed by atoms with E-state index in [0.717, 1.165) is 35.6 Å². The van der Waals surface area contributed by atoms with Crippen molar-refractivity contribution >= 4 is 34.5 Å². The maximum absolute atomic E-state index is 13.4. The van der Waals surface area contributed by atoms with E-state index >= 15 is 0 Å². The van der Waals surface area contributed by atoms with E-state index < -0.39 is 42.0 Å². The Morgan fingerprint density at radius 1 is 0.897 bits per heavy atom. The number of cyclic esters (lactones) is 1. The molecule has 5 atom stereocenters. The number of benzene rings is 2. The van der Waals surface area contributed by atoms with Crippen LogP contribution in [0.25, 0.3) is 10.8 Å². The summed E-state index contributed by atoms with van der Waals surface area (Å²) in [6, 6.07) is 11.2. The Morgan fingerprint density at radius 3 is 2.31 bits per heavy atom. The van der Waals surface area contributed by atoms with E-state index in [0.29, 0.717) is 6.42 Å². The van der Waals surface area contributed by atoms with Crippen LogP contribution in [-0.2, 0) is 30.3 Å². The van der Waals surface area contributed by atoms with Crippen LogP contribution in [-0.4, -0.2) is 47.9 Å². The Labute approximate surface area is 231 Å². The van der Waals surface area contributed by atoms with Crippen LogP contribution in [0.2, 0.25) is 0 Å². The number of carbonyl (C=O) groups excluding carboxylic acids is 4. The molecular formula is C31H43N3O5. The lowest BCUT2D eigenvalue weighted by atomic mass is 9.94. The van der Waals surface area contributed by atoms with Crippen molar-refractivity contribution in [2.45, 2.75) is 97.4 Å². The van der Waals surface area contributed by atoms with Gasteiger partial charge in [-0.3, -0.25) is 14.4 Å². The molecule has 8 nitrogen and oxygen atoms in total. The summed E-state index contributed by atoms with van der Waals surface area (Å²) >= 11 is 0. The average Bonchev–Trinajstić information content (AvgIpc) is 2.89. The van der Waals surface area contributed by atoms with Crippen LogP contribution >= 0.6 is 0 Å². The molecule has 0 radical (unpaired) electrons. The summed E-state index contributed by atoms with van der Waals surface area (Å²) in [5.41, 5.74) is 0.881. The van der Waals surface area contributed by atoms with Gasteiger partial charge in [-0.25, -0.2) is 4.79 Å². The fourth-order valence-corrected chi connectivity index (χ4v) is 4.91. The topological polar surface area (TPSA) is 114 Å². The highest BCUT2D eigenvalue weighted by Gasteiger charge is 2.33. The van der Waals surface area contributed by atoms with Crippen molar-refractivity contribution in [1.82, 2.24) is 16.0 Å². The molecule has 3 rings (SSSR count).